The van der Waals surface area contributed by atoms with E-state index in [4.69, 9.17) is 9.47 Å². The Bertz CT molecular complexity index is 564. The van der Waals surface area contributed by atoms with Crippen molar-refractivity contribution in [3.63, 3.8) is 0 Å². The van der Waals surface area contributed by atoms with Gasteiger partial charge in [0, 0.05) is 25.2 Å². The van der Waals surface area contributed by atoms with E-state index < -0.39 is 0 Å². The van der Waals surface area contributed by atoms with Crippen molar-refractivity contribution in [3.05, 3.63) is 35.7 Å². The molecule has 102 valence electrons. The zero-order valence-corrected chi connectivity index (χ0v) is 11.7. The summed E-state index contributed by atoms with van der Waals surface area (Å²) >= 11 is 0. The molecule has 19 heavy (non-hydrogen) atoms. The Balaban J connectivity index is 2.13. The van der Waals surface area contributed by atoms with Crippen LogP contribution in [0.2, 0.25) is 0 Å². The van der Waals surface area contributed by atoms with Crippen molar-refractivity contribution in [3.8, 4) is 11.5 Å². The molecule has 0 bridgehead atoms. The molecule has 5 nitrogen and oxygen atoms in total. The lowest BCUT2D eigenvalue weighted by Gasteiger charge is -2.11. The molecule has 0 aliphatic carbocycles. The van der Waals surface area contributed by atoms with Crippen LogP contribution in [0.25, 0.3) is 0 Å². The highest BCUT2D eigenvalue weighted by molar-refractivity contribution is 5.48. The maximum atomic E-state index is 5.37. The lowest BCUT2D eigenvalue weighted by atomic mass is 10.2. The second-order valence-electron chi connectivity index (χ2n) is 4.30. The zero-order valence-electron chi connectivity index (χ0n) is 11.7. The number of aryl methyl sites for hydroxylation is 1. The molecule has 0 saturated carbocycles. The Kier molecular flexibility index (Phi) is 3.94. The largest absolute Gasteiger partial charge is 0.497 e. The van der Waals surface area contributed by atoms with Gasteiger partial charge >= 0.3 is 0 Å². The number of anilines is 1. The van der Waals surface area contributed by atoms with Crippen LogP contribution in [0.4, 0.5) is 5.69 Å². The highest BCUT2D eigenvalue weighted by Crippen LogP contribution is 2.25. The third kappa shape index (κ3) is 2.81. The average molecular weight is 261 g/mol. The summed E-state index contributed by atoms with van der Waals surface area (Å²) in [5, 5.41) is 7.56. The summed E-state index contributed by atoms with van der Waals surface area (Å²) in [6.07, 6.45) is 1.82. The van der Waals surface area contributed by atoms with Crippen LogP contribution in [0, 0.1) is 6.92 Å². The number of benzene rings is 1. The summed E-state index contributed by atoms with van der Waals surface area (Å²) in [5.41, 5.74) is 3.21. The summed E-state index contributed by atoms with van der Waals surface area (Å²) in [5.74, 6) is 1.60. The minimum Gasteiger partial charge on any atom is -0.497 e. The third-order valence-corrected chi connectivity index (χ3v) is 3.20. The van der Waals surface area contributed by atoms with Gasteiger partial charge in [-0.2, -0.15) is 5.10 Å². The summed E-state index contributed by atoms with van der Waals surface area (Å²) in [4.78, 5) is 0. The van der Waals surface area contributed by atoms with Gasteiger partial charge in [0.25, 0.3) is 0 Å². The number of nitrogens with one attached hydrogen (secondary N) is 1. The normalized spacial score (nSPS) is 10.3. The van der Waals surface area contributed by atoms with Gasteiger partial charge in [0.05, 0.1) is 31.8 Å². The van der Waals surface area contributed by atoms with E-state index in [1.54, 1.807) is 14.2 Å². The minimum absolute atomic E-state index is 0.680. The lowest BCUT2D eigenvalue weighted by molar-refractivity contribution is 0.391. The van der Waals surface area contributed by atoms with Crippen LogP contribution >= 0.6 is 0 Å². The SMILES string of the molecule is COc1ccc(CNc2cnn(C)c2C)c(OC)c1. The van der Waals surface area contributed by atoms with Crippen LogP contribution < -0.4 is 14.8 Å². The Labute approximate surface area is 113 Å². The van der Waals surface area contributed by atoms with E-state index in [1.165, 1.54) is 0 Å². The molecular weight excluding hydrogens is 242 g/mol. The molecule has 0 spiro atoms. The van der Waals surface area contributed by atoms with Gasteiger partial charge in [-0.3, -0.25) is 4.68 Å². The predicted molar refractivity (Wildman–Crippen MR) is 74.8 cm³/mol. The van der Waals surface area contributed by atoms with Crippen LogP contribution in [0.1, 0.15) is 11.3 Å². The minimum atomic E-state index is 0.680. The van der Waals surface area contributed by atoms with Crippen molar-refractivity contribution >= 4 is 5.69 Å². The Morgan fingerprint density at radius 1 is 1.26 bits per heavy atom. The smallest absolute Gasteiger partial charge is 0.127 e. The molecule has 0 fully saturated rings. The van der Waals surface area contributed by atoms with Gasteiger partial charge in [-0.25, -0.2) is 0 Å². The number of rotatable bonds is 5. The van der Waals surface area contributed by atoms with E-state index in [2.05, 4.69) is 10.4 Å². The number of nitrogens with zero attached hydrogens (tertiary/aromatic N) is 2. The molecule has 0 aliphatic heterocycles. The lowest BCUT2D eigenvalue weighted by Crippen LogP contribution is -2.03. The van der Waals surface area contributed by atoms with Crippen molar-refractivity contribution < 1.29 is 9.47 Å². The molecule has 0 aliphatic rings. The molecular formula is C14H19N3O2. The first-order valence-electron chi connectivity index (χ1n) is 6.09. The molecule has 0 amide bonds. The van der Waals surface area contributed by atoms with Crippen molar-refractivity contribution in [1.82, 2.24) is 9.78 Å². The Morgan fingerprint density at radius 2 is 2.05 bits per heavy atom. The van der Waals surface area contributed by atoms with Gasteiger partial charge in [-0.1, -0.05) is 0 Å². The first kappa shape index (κ1) is 13.3. The fourth-order valence-corrected chi connectivity index (χ4v) is 1.86. The fourth-order valence-electron chi connectivity index (χ4n) is 1.86. The average Bonchev–Trinajstić information content (AvgIpc) is 2.76. The van der Waals surface area contributed by atoms with Crippen molar-refractivity contribution in [2.24, 2.45) is 7.05 Å². The molecule has 0 radical (unpaired) electrons. The van der Waals surface area contributed by atoms with Gasteiger partial charge in [-0.15, -0.1) is 0 Å². The van der Waals surface area contributed by atoms with Crippen LogP contribution in [-0.4, -0.2) is 24.0 Å². The Hall–Kier alpha value is -2.17. The zero-order chi connectivity index (χ0) is 13.8. The van der Waals surface area contributed by atoms with E-state index in [0.717, 1.165) is 28.4 Å². The Morgan fingerprint density at radius 3 is 2.63 bits per heavy atom. The molecule has 2 aromatic rings. The number of methoxy groups -OCH3 is 2. The second-order valence-corrected chi connectivity index (χ2v) is 4.30. The van der Waals surface area contributed by atoms with Crippen molar-refractivity contribution in [1.29, 1.82) is 0 Å². The van der Waals surface area contributed by atoms with E-state index in [9.17, 15) is 0 Å². The second kappa shape index (κ2) is 5.65. The van der Waals surface area contributed by atoms with Crippen LogP contribution in [0.5, 0.6) is 11.5 Å². The number of hydrogen-bond acceptors (Lipinski definition) is 4. The maximum absolute atomic E-state index is 5.37. The highest BCUT2D eigenvalue weighted by atomic mass is 16.5. The van der Waals surface area contributed by atoms with Crippen molar-refractivity contribution in [2.75, 3.05) is 19.5 Å². The topological polar surface area (TPSA) is 48.3 Å². The predicted octanol–water partition coefficient (Wildman–Crippen LogP) is 2.36. The molecule has 0 unspecified atom stereocenters. The summed E-state index contributed by atoms with van der Waals surface area (Å²) in [6.45, 7) is 2.71. The van der Waals surface area contributed by atoms with Crippen LogP contribution in [0.15, 0.2) is 24.4 Å². The van der Waals surface area contributed by atoms with Crippen LogP contribution in [0.3, 0.4) is 0 Å². The third-order valence-electron chi connectivity index (χ3n) is 3.20. The number of hydrogen-bond donors (Lipinski definition) is 1. The van der Waals surface area contributed by atoms with Crippen molar-refractivity contribution in [2.45, 2.75) is 13.5 Å². The van der Waals surface area contributed by atoms with E-state index in [0.29, 0.717) is 6.54 Å². The van der Waals surface area contributed by atoms with Gasteiger partial charge in [-0.05, 0) is 19.1 Å². The van der Waals surface area contributed by atoms with E-state index >= 15 is 0 Å². The van der Waals surface area contributed by atoms with E-state index in [-0.39, 0.29) is 0 Å². The first-order chi connectivity index (χ1) is 9.15. The summed E-state index contributed by atoms with van der Waals surface area (Å²) in [7, 11) is 5.23. The quantitative estimate of drug-likeness (QED) is 0.897. The molecule has 5 heteroatoms. The molecule has 1 aromatic carbocycles. The molecule has 1 heterocycles. The van der Waals surface area contributed by atoms with Gasteiger partial charge in [0.15, 0.2) is 0 Å². The van der Waals surface area contributed by atoms with Gasteiger partial charge in [0.1, 0.15) is 11.5 Å². The standard InChI is InChI=1S/C14H19N3O2/c1-10-13(9-16-17(10)2)15-8-11-5-6-12(18-3)7-14(11)19-4/h5-7,9,15H,8H2,1-4H3. The van der Waals surface area contributed by atoms with Gasteiger partial charge < -0.3 is 14.8 Å². The number of aromatic nitrogens is 2. The van der Waals surface area contributed by atoms with Crippen LogP contribution in [-0.2, 0) is 13.6 Å². The molecule has 0 saturated heterocycles. The van der Waals surface area contributed by atoms with E-state index in [1.807, 2.05) is 43.0 Å². The molecule has 1 N–H and O–H groups in total. The fraction of sp³-hybridized carbons (Fsp3) is 0.357. The first-order valence-corrected chi connectivity index (χ1v) is 6.09. The maximum Gasteiger partial charge on any atom is 0.127 e. The summed E-state index contributed by atoms with van der Waals surface area (Å²) < 4.78 is 12.4. The monoisotopic (exact) mass is 261 g/mol. The highest BCUT2D eigenvalue weighted by Gasteiger charge is 2.07. The molecule has 1 aromatic heterocycles. The molecule has 2 rings (SSSR count). The summed E-state index contributed by atoms with van der Waals surface area (Å²) in [6, 6.07) is 5.80. The number of ether oxygens (including phenoxy) is 2. The van der Waals surface area contributed by atoms with Gasteiger partial charge in [0.2, 0.25) is 0 Å². The molecule has 0 atom stereocenters.